The van der Waals surface area contributed by atoms with E-state index in [1.54, 1.807) is 24.4 Å². The van der Waals surface area contributed by atoms with Crippen molar-refractivity contribution in [3.05, 3.63) is 40.9 Å². The van der Waals surface area contributed by atoms with Gasteiger partial charge in [0.15, 0.2) is 5.13 Å². The Bertz CT molecular complexity index is 707. The second-order valence-corrected chi connectivity index (χ2v) is 7.06. The van der Waals surface area contributed by atoms with E-state index in [9.17, 15) is 9.90 Å². The number of benzene rings is 1. The summed E-state index contributed by atoms with van der Waals surface area (Å²) in [5.74, 6) is 0.289. The Hall–Kier alpha value is -1.92. The summed E-state index contributed by atoms with van der Waals surface area (Å²) in [7, 11) is 0. The lowest BCUT2D eigenvalue weighted by molar-refractivity contribution is -0.0356. The van der Waals surface area contributed by atoms with Crippen molar-refractivity contribution in [2.24, 2.45) is 0 Å². The SMILES string of the molecule is CC(C)Oc1ccccc1C(=O)Nc1ncc(C2(O)CCC2)s1. The van der Waals surface area contributed by atoms with Crippen molar-refractivity contribution in [2.75, 3.05) is 5.32 Å². The van der Waals surface area contributed by atoms with Gasteiger partial charge in [-0.3, -0.25) is 10.1 Å². The molecule has 1 aromatic carbocycles. The zero-order valence-corrected chi connectivity index (χ0v) is 14.0. The molecule has 0 aliphatic heterocycles. The Morgan fingerprint density at radius 2 is 2.13 bits per heavy atom. The molecule has 0 spiro atoms. The quantitative estimate of drug-likeness (QED) is 0.878. The van der Waals surface area contributed by atoms with Crippen molar-refractivity contribution >= 4 is 22.4 Å². The van der Waals surface area contributed by atoms with Crippen molar-refractivity contribution in [2.45, 2.75) is 44.8 Å². The zero-order chi connectivity index (χ0) is 16.4. The van der Waals surface area contributed by atoms with Crippen molar-refractivity contribution in [1.29, 1.82) is 0 Å². The highest BCUT2D eigenvalue weighted by molar-refractivity contribution is 7.15. The maximum atomic E-state index is 12.5. The van der Waals surface area contributed by atoms with Crippen LogP contribution in [0.4, 0.5) is 5.13 Å². The monoisotopic (exact) mass is 332 g/mol. The molecule has 0 atom stereocenters. The van der Waals surface area contributed by atoms with E-state index in [0.717, 1.165) is 24.1 Å². The fourth-order valence-corrected chi connectivity index (χ4v) is 3.44. The molecular formula is C17H20N2O3S. The number of carbonyl (C=O) groups is 1. The number of rotatable bonds is 5. The highest BCUT2D eigenvalue weighted by atomic mass is 32.1. The molecule has 6 heteroatoms. The summed E-state index contributed by atoms with van der Waals surface area (Å²) >= 11 is 1.32. The van der Waals surface area contributed by atoms with Gasteiger partial charge in [0.05, 0.1) is 16.5 Å². The molecule has 0 bridgehead atoms. The molecule has 0 saturated heterocycles. The number of aliphatic hydroxyl groups is 1. The molecule has 1 aliphatic carbocycles. The molecule has 1 aliphatic rings. The molecule has 2 N–H and O–H groups in total. The number of para-hydroxylation sites is 1. The molecular weight excluding hydrogens is 312 g/mol. The van der Waals surface area contributed by atoms with E-state index in [1.165, 1.54) is 11.3 Å². The first-order valence-electron chi connectivity index (χ1n) is 7.74. The van der Waals surface area contributed by atoms with E-state index in [-0.39, 0.29) is 12.0 Å². The van der Waals surface area contributed by atoms with Crippen molar-refractivity contribution < 1.29 is 14.6 Å². The largest absolute Gasteiger partial charge is 0.490 e. The summed E-state index contributed by atoms with van der Waals surface area (Å²) in [6.07, 6.45) is 4.18. The van der Waals surface area contributed by atoms with Crippen LogP contribution < -0.4 is 10.1 Å². The summed E-state index contributed by atoms with van der Waals surface area (Å²) in [5, 5.41) is 13.6. The second-order valence-electron chi connectivity index (χ2n) is 6.03. The molecule has 1 fully saturated rings. The van der Waals surface area contributed by atoms with Gasteiger partial charge in [0, 0.05) is 6.20 Å². The van der Waals surface area contributed by atoms with Crippen LogP contribution in [-0.4, -0.2) is 22.1 Å². The first-order chi connectivity index (χ1) is 11.0. The Kier molecular flexibility index (Phi) is 4.37. The van der Waals surface area contributed by atoms with Crippen LogP contribution in [0.25, 0.3) is 0 Å². The number of thiazole rings is 1. The van der Waals surface area contributed by atoms with E-state index < -0.39 is 5.60 Å². The molecule has 0 unspecified atom stereocenters. The summed E-state index contributed by atoms with van der Waals surface area (Å²) in [5.41, 5.74) is -0.278. The van der Waals surface area contributed by atoms with E-state index in [1.807, 2.05) is 19.9 Å². The van der Waals surface area contributed by atoms with Gasteiger partial charge in [0.1, 0.15) is 11.4 Å². The van der Waals surface area contributed by atoms with Gasteiger partial charge in [-0.2, -0.15) is 0 Å². The molecule has 1 saturated carbocycles. The molecule has 5 nitrogen and oxygen atoms in total. The minimum absolute atomic E-state index is 0.0109. The third-order valence-electron chi connectivity index (χ3n) is 3.86. The number of hydrogen-bond acceptors (Lipinski definition) is 5. The maximum Gasteiger partial charge on any atom is 0.261 e. The Labute approximate surface area is 139 Å². The lowest BCUT2D eigenvalue weighted by atomic mass is 9.79. The van der Waals surface area contributed by atoms with Crippen molar-refractivity contribution in [1.82, 2.24) is 4.98 Å². The lowest BCUT2D eigenvalue weighted by Gasteiger charge is -2.35. The predicted octanol–water partition coefficient (Wildman–Crippen LogP) is 3.55. The average Bonchev–Trinajstić information content (AvgIpc) is 2.93. The van der Waals surface area contributed by atoms with Crippen LogP contribution in [0.15, 0.2) is 30.5 Å². The van der Waals surface area contributed by atoms with Crippen LogP contribution in [0, 0.1) is 0 Å². The number of hydrogen-bond donors (Lipinski definition) is 2. The molecule has 1 amide bonds. The normalized spacial score (nSPS) is 16.0. The topological polar surface area (TPSA) is 71.5 Å². The molecule has 1 heterocycles. The van der Waals surface area contributed by atoms with Gasteiger partial charge in [-0.15, -0.1) is 0 Å². The highest BCUT2D eigenvalue weighted by Crippen LogP contribution is 2.44. The van der Waals surface area contributed by atoms with E-state index in [2.05, 4.69) is 10.3 Å². The van der Waals surface area contributed by atoms with E-state index in [4.69, 9.17) is 4.74 Å². The van der Waals surface area contributed by atoms with Crippen LogP contribution in [0.2, 0.25) is 0 Å². The third kappa shape index (κ3) is 3.38. The van der Waals surface area contributed by atoms with E-state index in [0.29, 0.717) is 16.4 Å². The molecule has 122 valence electrons. The molecule has 23 heavy (non-hydrogen) atoms. The Balaban J connectivity index is 1.75. The third-order valence-corrected chi connectivity index (χ3v) is 4.97. The number of aromatic nitrogens is 1. The van der Waals surface area contributed by atoms with E-state index >= 15 is 0 Å². The number of ether oxygens (including phenoxy) is 1. The molecule has 2 aromatic rings. The predicted molar refractivity (Wildman–Crippen MR) is 90.0 cm³/mol. The fourth-order valence-electron chi connectivity index (χ4n) is 2.48. The van der Waals surface area contributed by atoms with Gasteiger partial charge >= 0.3 is 0 Å². The van der Waals surface area contributed by atoms with Crippen molar-refractivity contribution in [3.63, 3.8) is 0 Å². The zero-order valence-electron chi connectivity index (χ0n) is 13.2. The second kappa shape index (κ2) is 6.29. The van der Waals surface area contributed by atoms with Crippen LogP contribution >= 0.6 is 11.3 Å². The highest BCUT2D eigenvalue weighted by Gasteiger charge is 2.38. The molecule has 1 aromatic heterocycles. The summed E-state index contributed by atoms with van der Waals surface area (Å²) in [4.78, 5) is 17.5. The van der Waals surface area contributed by atoms with Gasteiger partial charge in [-0.05, 0) is 45.2 Å². The van der Waals surface area contributed by atoms with Gasteiger partial charge in [0.25, 0.3) is 5.91 Å². The van der Waals surface area contributed by atoms with Gasteiger partial charge in [-0.25, -0.2) is 4.98 Å². The Morgan fingerprint density at radius 3 is 2.78 bits per heavy atom. The van der Waals surface area contributed by atoms with Gasteiger partial charge in [0.2, 0.25) is 0 Å². The van der Waals surface area contributed by atoms with Crippen LogP contribution in [0.3, 0.4) is 0 Å². The number of anilines is 1. The maximum absolute atomic E-state index is 12.5. The lowest BCUT2D eigenvalue weighted by Crippen LogP contribution is -2.32. The minimum atomic E-state index is -0.751. The minimum Gasteiger partial charge on any atom is -0.490 e. The smallest absolute Gasteiger partial charge is 0.261 e. The standard InChI is InChI=1S/C17H20N2O3S/c1-11(2)22-13-7-4-3-6-12(13)15(20)19-16-18-10-14(23-16)17(21)8-5-9-17/h3-4,6-7,10-11,21H,5,8-9H2,1-2H3,(H,18,19,20). The first kappa shape index (κ1) is 16.0. The van der Waals surface area contributed by atoms with Crippen molar-refractivity contribution in [3.8, 4) is 5.75 Å². The van der Waals surface area contributed by atoms with Crippen LogP contribution in [-0.2, 0) is 5.60 Å². The van der Waals surface area contributed by atoms with Gasteiger partial charge in [-0.1, -0.05) is 23.5 Å². The first-order valence-corrected chi connectivity index (χ1v) is 8.55. The van der Waals surface area contributed by atoms with Gasteiger partial charge < -0.3 is 9.84 Å². The Morgan fingerprint density at radius 1 is 1.39 bits per heavy atom. The number of carbonyl (C=O) groups excluding carboxylic acids is 1. The number of nitrogens with zero attached hydrogens (tertiary/aromatic N) is 1. The molecule has 0 radical (unpaired) electrons. The van der Waals surface area contributed by atoms with Crippen LogP contribution in [0.1, 0.15) is 48.3 Å². The average molecular weight is 332 g/mol. The molecule has 3 rings (SSSR count). The summed E-state index contributed by atoms with van der Waals surface area (Å²) in [6, 6.07) is 7.13. The van der Waals surface area contributed by atoms with Crippen LogP contribution in [0.5, 0.6) is 5.75 Å². The summed E-state index contributed by atoms with van der Waals surface area (Å²) < 4.78 is 5.67. The summed E-state index contributed by atoms with van der Waals surface area (Å²) in [6.45, 7) is 3.84. The number of nitrogens with one attached hydrogen (secondary N) is 1. The fraction of sp³-hybridized carbons (Fsp3) is 0.412. The number of amides is 1.